The van der Waals surface area contributed by atoms with Crippen molar-refractivity contribution in [2.24, 2.45) is 0 Å². The van der Waals surface area contributed by atoms with E-state index in [1.54, 1.807) is 22.7 Å². The predicted molar refractivity (Wildman–Crippen MR) is 140 cm³/mol. The van der Waals surface area contributed by atoms with Gasteiger partial charge in [0.05, 0.1) is 20.4 Å². The van der Waals surface area contributed by atoms with Gasteiger partial charge in [-0.1, -0.05) is 105 Å². The minimum absolute atomic E-state index is 0.126. The second kappa shape index (κ2) is 9.36. The normalized spacial score (nSPS) is 18.4. The Morgan fingerprint density at radius 2 is 1.00 bits per heavy atom. The van der Waals surface area contributed by atoms with Gasteiger partial charge in [0.25, 0.3) is 0 Å². The molecule has 1 fully saturated rings. The van der Waals surface area contributed by atoms with Crippen LogP contribution < -0.4 is 11.5 Å². The number of anilines is 2. The summed E-state index contributed by atoms with van der Waals surface area (Å²) in [5, 5.41) is 1.29. The molecule has 2 heterocycles. The number of thiazole rings is 2. The number of aromatic nitrogens is 2. The van der Waals surface area contributed by atoms with Crippen molar-refractivity contribution in [2.45, 2.75) is 76.0 Å². The van der Waals surface area contributed by atoms with Gasteiger partial charge in [-0.15, -0.1) is 0 Å². The Labute approximate surface area is 198 Å². The smallest absolute Gasteiger partial charge is 0.181 e. The van der Waals surface area contributed by atoms with Crippen LogP contribution in [0.15, 0.2) is 36.4 Å². The molecule has 2 aromatic carbocycles. The van der Waals surface area contributed by atoms with Gasteiger partial charge in [0.1, 0.15) is 0 Å². The zero-order chi connectivity index (χ0) is 22.0. The van der Waals surface area contributed by atoms with Crippen molar-refractivity contribution >= 4 is 53.4 Å². The summed E-state index contributed by atoms with van der Waals surface area (Å²) in [6.45, 7) is 0. The van der Waals surface area contributed by atoms with E-state index in [2.05, 4.69) is 36.4 Å². The molecule has 4 aromatic rings. The molecular weight excluding hydrogens is 432 g/mol. The molecule has 0 radical (unpaired) electrons. The summed E-state index contributed by atoms with van der Waals surface area (Å²) in [4.78, 5) is 9.65. The number of benzene rings is 2. The number of hydrogen-bond acceptors (Lipinski definition) is 6. The lowest BCUT2D eigenvalue weighted by Crippen LogP contribution is -2.29. The Morgan fingerprint density at radius 1 is 0.594 bits per heavy atom. The summed E-state index contributed by atoms with van der Waals surface area (Å²) < 4.78 is 2.35. The second-order valence-corrected chi connectivity index (χ2v) is 11.3. The van der Waals surface area contributed by atoms with Crippen molar-refractivity contribution in [3.8, 4) is 0 Å². The summed E-state index contributed by atoms with van der Waals surface area (Å²) >= 11 is 3.18. The number of fused-ring (bicyclic) bond motifs is 2. The van der Waals surface area contributed by atoms with Crippen LogP contribution in [0.25, 0.3) is 20.4 Å². The molecule has 2 aromatic heterocycles. The van der Waals surface area contributed by atoms with Crippen molar-refractivity contribution in [2.75, 3.05) is 11.5 Å². The molecule has 0 unspecified atom stereocenters. The van der Waals surface area contributed by atoms with Crippen LogP contribution in [0.4, 0.5) is 10.3 Å². The minimum atomic E-state index is -0.126. The van der Waals surface area contributed by atoms with Gasteiger partial charge >= 0.3 is 0 Å². The molecule has 4 N–H and O–H groups in total. The topological polar surface area (TPSA) is 77.8 Å². The van der Waals surface area contributed by atoms with Gasteiger partial charge in [0.15, 0.2) is 10.3 Å². The fourth-order valence-corrected chi connectivity index (χ4v) is 7.13. The highest BCUT2D eigenvalue weighted by molar-refractivity contribution is 7.22. The lowest BCUT2D eigenvalue weighted by atomic mass is 9.67. The molecule has 168 valence electrons. The van der Waals surface area contributed by atoms with Gasteiger partial charge in [-0.05, 0) is 36.1 Å². The van der Waals surface area contributed by atoms with E-state index < -0.39 is 0 Å². The number of hydrogen-bond donors (Lipinski definition) is 2. The van der Waals surface area contributed by atoms with E-state index >= 15 is 0 Å². The maximum Gasteiger partial charge on any atom is 0.181 e. The molecule has 6 heteroatoms. The summed E-state index contributed by atoms with van der Waals surface area (Å²) in [6.07, 6.45) is 14.0. The maximum absolute atomic E-state index is 6.18. The first-order chi connectivity index (χ1) is 15.7. The Hall–Kier alpha value is -2.18. The van der Waals surface area contributed by atoms with Crippen molar-refractivity contribution in [3.63, 3.8) is 0 Å². The molecular formula is C26H32N4S2. The van der Waals surface area contributed by atoms with E-state index in [1.807, 2.05) is 0 Å². The highest BCUT2D eigenvalue weighted by Gasteiger charge is 2.37. The van der Waals surface area contributed by atoms with Crippen LogP contribution in [0.5, 0.6) is 0 Å². The van der Waals surface area contributed by atoms with Gasteiger partial charge in [0.2, 0.25) is 0 Å². The van der Waals surface area contributed by atoms with Crippen LogP contribution >= 0.6 is 22.7 Å². The maximum atomic E-state index is 6.18. The quantitative estimate of drug-likeness (QED) is 0.319. The van der Waals surface area contributed by atoms with Gasteiger partial charge in [-0.3, -0.25) is 0 Å². The van der Waals surface area contributed by atoms with E-state index in [1.165, 1.54) is 78.3 Å². The van der Waals surface area contributed by atoms with Crippen molar-refractivity contribution in [1.82, 2.24) is 9.97 Å². The third-order valence-corrected chi connectivity index (χ3v) is 8.81. The number of nitrogens with zero attached hydrogens (tertiary/aromatic N) is 2. The van der Waals surface area contributed by atoms with Gasteiger partial charge in [-0.25, -0.2) is 9.97 Å². The van der Waals surface area contributed by atoms with Crippen molar-refractivity contribution < 1.29 is 0 Å². The number of para-hydroxylation sites is 2. The van der Waals surface area contributed by atoms with Crippen LogP contribution in [0.3, 0.4) is 0 Å². The number of rotatable bonds is 2. The van der Waals surface area contributed by atoms with Crippen LogP contribution in [0, 0.1) is 0 Å². The van der Waals surface area contributed by atoms with E-state index in [9.17, 15) is 0 Å². The van der Waals surface area contributed by atoms with E-state index in [4.69, 9.17) is 21.4 Å². The molecule has 1 aliphatic rings. The first kappa shape index (κ1) is 21.7. The average molecular weight is 465 g/mol. The Morgan fingerprint density at radius 3 is 1.44 bits per heavy atom. The predicted octanol–water partition coefficient (Wildman–Crippen LogP) is 7.66. The van der Waals surface area contributed by atoms with Crippen LogP contribution in [0.2, 0.25) is 0 Å². The molecule has 0 amide bonds. The molecule has 0 bridgehead atoms. The minimum Gasteiger partial charge on any atom is -0.375 e. The summed E-state index contributed by atoms with van der Waals surface area (Å²) in [7, 11) is 0. The molecule has 5 rings (SSSR count). The van der Waals surface area contributed by atoms with Crippen molar-refractivity contribution in [3.05, 3.63) is 47.5 Å². The molecule has 4 nitrogen and oxygen atoms in total. The number of nitrogen functional groups attached to an aromatic ring is 2. The summed E-state index contributed by atoms with van der Waals surface area (Å²) in [6, 6.07) is 13.3. The molecule has 1 aliphatic carbocycles. The molecule has 0 aliphatic heterocycles. The molecule has 0 spiro atoms. The SMILES string of the molecule is Nc1nc2c(C3(c4cccc5sc(N)nc45)CCCCCCCCCCC3)cccc2s1. The molecule has 0 atom stereocenters. The van der Waals surface area contributed by atoms with Crippen molar-refractivity contribution in [1.29, 1.82) is 0 Å². The van der Waals surface area contributed by atoms with E-state index in [0.29, 0.717) is 10.3 Å². The first-order valence-electron chi connectivity index (χ1n) is 12.0. The fourth-order valence-electron chi connectivity index (χ4n) is 5.60. The zero-order valence-corrected chi connectivity index (χ0v) is 20.2. The summed E-state index contributed by atoms with van der Waals surface area (Å²) in [5.74, 6) is 0. The molecule has 1 saturated carbocycles. The third kappa shape index (κ3) is 4.11. The monoisotopic (exact) mass is 464 g/mol. The number of nitrogens with two attached hydrogens (primary N) is 2. The zero-order valence-electron chi connectivity index (χ0n) is 18.6. The van der Waals surface area contributed by atoms with Crippen LogP contribution in [-0.4, -0.2) is 9.97 Å². The Bertz CT molecular complexity index is 1120. The van der Waals surface area contributed by atoms with Gasteiger partial charge in [0, 0.05) is 5.41 Å². The fraction of sp³-hybridized carbons (Fsp3) is 0.462. The average Bonchev–Trinajstić information content (AvgIpc) is 3.35. The van der Waals surface area contributed by atoms with E-state index in [0.717, 1.165) is 23.9 Å². The standard InChI is InChI=1S/C26H32N4S2/c27-24-29-22-18(12-10-14-20(22)31-24)26(16-8-6-4-2-1-3-5-7-9-17-26)19-13-11-15-21-23(19)30-25(28)32-21/h10-15H,1-9,16-17H2,(H2,27,29)(H2,28,30). The lowest BCUT2D eigenvalue weighted by molar-refractivity contribution is 0.386. The first-order valence-corrected chi connectivity index (χ1v) is 13.6. The largest absolute Gasteiger partial charge is 0.375 e. The summed E-state index contributed by atoms with van der Waals surface area (Å²) in [5.41, 5.74) is 17.0. The molecule has 0 saturated heterocycles. The van der Waals surface area contributed by atoms with Gasteiger partial charge < -0.3 is 11.5 Å². The Kier molecular flexibility index (Phi) is 6.33. The van der Waals surface area contributed by atoms with Crippen LogP contribution in [0.1, 0.15) is 81.8 Å². The van der Waals surface area contributed by atoms with Gasteiger partial charge in [-0.2, -0.15) is 0 Å². The highest BCUT2D eigenvalue weighted by Crippen LogP contribution is 2.48. The second-order valence-electron chi connectivity index (χ2n) is 9.17. The van der Waals surface area contributed by atoms with E-state index in [-0.39, 0.29) is 5.41 Å². The molecule has 32 heavy (non-hydrogen) atoms. The lowest BCUT2D eigenvalue weighted by Gasteiger charge is -2.36. The third-order valence-electron chi connectivity index (χ3n) is 7.11. The van der Waals surface area contributed by atoms with Crippen LogP contribution in [-0.2, 0) is 5.41 Å². The Balaban J connectivity index is 1.72. The highest BCUT2D eigenvalue weighted by atomic mass is 32.1.